The van der Waals surface area contributed by atoms with Crippen LogP contribution in [0, 0.1) is 0 Å². The molecule has 0 aliphatic rings. The summed E-state index contributed by atoms with van der Waals surface area (Å²) in [5, 5.41) is 13.6. The normalized spacial score (nSPS) is 11.2. The van der Waals surface area contributed by atoms with E-state index in [4.69, 9.17) is 10.8 Å². The second-order valence-electron chi connectivity index (χ2n) is 4.57. The predicted molar refractivity (Wildman–Crippen MR) is 71.2 cm³/mol. The quantitative estimate of drug-likeness (QED) is 0.783. The van der Waals surface area contributed by atoms with Crippen molar-refractivity contribution in [3.63, 3.8) is 0 Å². The van der Waals surface area contributed by atoms with Crippen LogP contribution in [0.5, 0.6) is 0 Å². The molecule has 0 amide bonds. The lowest BCUT2D eigenvalue weighted by molar-refractivity contribution is 0.298. The number of rotatable bonds is 6. The lowest BCUT2D eigenvalue weighted by atomic mass is 10.2. The molecule has 0 aliphatic heterocycles. The lowest BCUT2D eigenvalue weighted by Gasteiger charge is -2.28. The topological polar surface area (TPSA) is 67.3 Å². The van der Waals surface area contributed by atoms with Gasteiger partial charge in [-0.15, -0.1) is 0 Å². The van der Waals surface area contributed by atoms with Crippen molar-refractivity contribution in [2.45, 2.75) is 39.7 Å². The molecule has 0 saturated heterocycles. The van der Waals surface area contributed by atoms with Crippen LogP contribution >= 0.6 is 0 Å². The Labute approximate surface area is 103 Å². The van der Waals surface area contributed by atoms with Gasteiger partial charge in [0.05, 0.1) is 18.0 Å². The zero-order valence-corrected chi connectivity index (χ0v) is 11.3. The van der Waals surface area contributed by atoms with E-state index in [1.807, 2.05) is 11.7 Å². The third-order valence-electron chi connectivity index (χ3n) is 2.85. The van der Waals surface area contributed by atoms with Gasteiger partial charge in [0.15, 0.2) is 5.82 Å². The highest BCUT2D eigenvalue weighted by Crippen LogP contribution is 2.28. The standard InChI is InChI=1S/C12H24N4O/c1-5-6-10-11(13)12(15(4)14-10)16(7-8-17)9(2)3/h9,17H,5-8,13H2,1-4H3. The van der Waals surface area contributed by atoms with Crippen molar-refractivity contribution >= 4 is 11.5 Å². The minimum atomic E-state index is 0.117. The molecule has 1 rings (SSSR count). The van der Waals surface area contributed by atoms with E-state index in [2.05, 4.69) is 30.8 Å². The average molecular weight is 240 g/mol. The maximum atomic E-state index is 9.13. The third kappa shape index (κ3) is 2.91. The molecule has 1 aromatic rings. The Morgan fingerprint density at radius 1 is 1.47 bits per heavy atom. The van der Waals surface area contributed by atoms with Crippen molar-refractivity contribution in [3.05, 3.63) is 5.69 Å². The van der Waals surface area contributed by atoms with E-state index in [0.717, 1.165) is 30.0 Å². The van der Waals surface area contributed by atoms with Crippen LogP contribution in [0.25, 0.3) is 0 Å². The zero-order valence-electron chi connectivity index (χ0n) is 11.3. The first kappa shape index (κ1) is 13.8. The van der Waals surface area contributed by atoms with Crippen LogP contribution in [0.2, 0.25) is 0 Å². The summed E-state index contributed by atoms with van der Waals surface area (Å²) in [6.45, 7) is 6.98. The van der Waals surface area contributed by atoms with Gasteiger partial charge in [0.25, 0.3) is 0 Å². The fraction of sp³-hybridized carbons (Fsp3) is 0.750. The summed E-state index contributed by atoms with van der Waals surface area (Å²) in [7, 11) is 1.90. The highest BCUT2D eigenvalue weighted by atomic mass is 16.3. The highest BCUT2D eigenvalue weighted by Gasteiger charge is 2.20. The Balaban J connectivity index is 3.09. The van der Waals surface area contributed by atoms with Crippen molar-refractivity contribution in [2.24, 2.45) is 7.05 Å². The minimum absolute atomic E-state index is 0.117. The number of aryl methyl sites for hydroxylation is 2. The molecular formula is C12H24N4O. The van der Waals surface area contributed by atoms with E-state index in [0.29, 0.717) is 6.54 Å². The largest absolute Gasteiger partial charge is 0.395 e. The second kappa shape index (κ2) is 5.91. The predicted octanol–water partition coefficient (Wildman–Crippen LogP) is 1.16. The Morgan fingerprint density at radius 3 is 2.59 bits per heavy atom. The van der Waals surface area contributed by atoms with Crippen molar-refractivity contribution in [1.29, 1.82) is 0 Å². The molecule has 1 aromatic heterocycles. The molecular weight excluding hydrogens is 216 g/mol. The number of hydrogen-bond donors (Lipinski definition) is 2. The lowest BCUT2D eigenvalue weighted by Crippen LogP contribution is -2.35. The molecule has 0 spiro atoms. The van der Waals surface area contributed by atoms with Crippen LogP contribution < -0.4 is 10.6 Å². The van der Waals surface area contributed by atoms with Gasteiger partial charge in [-0.25, -0.2) is 0 Å². The summed E-state index contributed by atoms with van der Waals surface area (Å²) >= 11 is 0. The monoisotopic (exact) mass is 240 g/mol. The van der Waals surface area contributed by atoms with Gasteiger partial charge in [-0.2, -0.15) is 5.10 Å². The van der Waals surface area contributed by atoms with E-state index in [1.54, 1.807) is 0 Å². The van der Waals surface area contributed by atoms with Gasteiger partial charge in [-0.05, 0) is 20.3 Å². The maximum absolute atomic E-state index is 9.13. The van der Waals surface area contributed by atoms with E-state index in [9.17, 15) is 0 Å². The first-order valence-corrected chi connectivity index (χ1v) is 6.21. The molecule has 0 radical (unpaired) electrons. The maximum Gasteiger partial charge on any atom is 0.150 e. The van der Waals surface area contributed by atoms with Crippen LogP contribution in [0.3, 0.4) is 0 Å². The number of hydrogen-bond acceptors (Lipinski definition) is 4. The first-order valence-electron chi connectivity index (χ1n) is 6.21. The van der Waals surface area contributed by atoms with Gasteiger partial charge in [-0.1, -0.05) is 13.3 Å². The Kier molecular flexibility index (Phi) is 4.81. The van der Waals surface area contributed by atoms with E-state index < -0.39 is 0 Å². The molecule has 17 heavy (non-hydrogen) atoms. The van der Waals surface area contributed by atoms with Crippen LogP contribution in [0.1, 0.15) is 32.9 Å². The summed E-state index contributed by atoms with van der Waals surface area (Å²) < 4.78 is 1.82. The Morgan fingerprint density at radius 2 is 2.12 bits per heavy atom. The van der Waals surface area contributed by atoms with Crippen molar-refractivity contribution in [1.82, 2.24) is 9.78 Å². The van der Waals surface area contributed by atoms with Gasteiger partial charge in [0, 0.05) is 19.6 Å². The van der Waals surface area contributed by atoms with Crippen LogP contribution in [-0.4, -0.2) is 34.1 Å². The first-order chi connectivity index (χ1) is 8.02. The van der Waals surface area contributed by atoms with E-state index >= 15 is 0 Å². The van der Waals surface area contributed by atoms with Crippen LogP contribution in [0.15, 0.2) is 0 Å². The number of aliphatic hydroxyl groups excluding tert-OH is 1. The van der Waals surface area contributed by atoms with Crippen molar-refractivity contribution in [2.75, 3.05) is 23.8 Å². The number of aliphatic hydroxyl groups is 1. The number of anilines is 2. The van der Waals surface area contributed by atoms with E-state index in [-0.39, 0.29) is 12.6 Å². The highest BCUT2D eigenvalue weighted by molar-refractivity contribution is 5.66. The van der Waals surface area contributed by atoms with Crippen LogP contribution in [0.4, 0.5) is 11.5 Å². The SMILES string of the molecule is CCCc1nn(C)c(N(CCO)C(C)C)c1N. The molecule has 5 heteroatoms. The molecule has 0 unspecified atom stereocenters. The number of nitrogen functional groups attached to an aromatic ring is 1. The van der Waals surface area contributed by atoms with Crippen molar-refractivity contribution < 1.29 is 5.11 Å². The number of aromatic nitrogens is 2. The van der Waals surface area contributed by atoms with Gasteiger partial charge in [-0.3, -0.25) is 4.68 Å². The molecule has 0 fully saturated rings. The smallest absolute Gasteiger partial charge is 0.150 e. The Hall–Kier alpha value is -1.23. The Bertz CT molecular complexity index is 360. The van der Waals surface area contributed by atoms with E-state index in [1.165, 1.54) is 0 Å². The van der Waals surface area contributed by atoms with Gasteiger partial charge >= 0.3 is 0 Å². The average Bonchev–Trinajstić information content (AvgIpc) is 2.52. The van der Waals surface area contributed by atoms with Gasteiger partial charge < -0.3 is 15.7 Å². The van der Waals surface area contributed by atoms with Crippen molar-refractivity contribution in [3.8, 4) is 0 Å². The van der Waals surface area contributed by atoms with Crippen LogP contribution in [-0.2, 0) is 13.5 Å². The molecule has 98 valence electrons. The molecule has 3 N–H and O–H groups in total. The summed E-state index contributed by atoms with van der Waals surface area (Å²) in [6.07, 6.45) is 1.92. The molecule has 5 nitrogen and oxygen atoms in total. The number of nitrogens with zero attached hydrogens (tertiary/aromatic N) is 3. The second-order valence-corrected chi connectivity index (χ2v) is 4.57. The van der Waals surface area contributed by atoms with Gasteiger partial charge in [0.2, 0.25) is 0 Å². The third-order valence-corrected chi connectivity index (χ3v) is 2.85. The fourth-order valence-electron chi connectivity index (χ4n) is 2.06. The minimum Gasteiger partial charge on any atom is -0.395 e. The van der Waals surface area contributed by atoms with Gasteiger partial charge in [0.1, 0.15) is 0 Å². The molecule has 0 bridgehead atoms. The summed E-state index contributed by atoms with van der Waals surface area (Å²) in [5.74, 6) is 0.914. The fourth-order valence-corrected chi connectivity index (χ4v) is 2.06. The summed E-state index contributed by atoms with van der Waals surface area (Å²) in [5.41, 5.74) is 7.85. The molecule has 0 aromatic carbocycles. The number of nitrogens with two attached hydrogens (primary N) is 1. The zero-order chi connectivity index (χ0) is 13.0. The summed E-state index contributed by atoms with van der Waals surface area (Å²) in [6, 6.07) is 0.286. The molecule has 0 saturated carbocycles. The molecule has 1 heterocycles. The molecule has 0 aliphatic carbocycles. The summed E-state index contributed by atoms with van der Waals surface area (Å²) in [4.78, 5) is 2.08. The molecule has 0 atom stereocenters.